The van der Waals surface area contributed by atoms with Gasteiger partial charge in [0, 0.05) is 11.9 Å². The minimum absolute atomic E-state index is 0.101. The molecule has 6 heteroatoms. The maximum absolute atomic E-state index is 11.4. The molecule has 0 aliphatic rings. The first-order valence-corrected chi connectivity index (χ1v) is 5.88. The molecular weight excluding hydrogens is 242 g/mol. The third-order valence-electron chi connectivity index (χ3n) is 2.70. The number of aryl methyl sites for hydroxylation is 1. The van der Waals surface area contributed by atoms with Gasteiger partial charge in [-0.05, 0) is 32.0 Å². The summed E-state index contributed by atoms with van der Waals surface area (Å²) in [5.41, 5.74) is 7.32. The number of primary amides is 1. The Morgan fingerprint density at radius 2 is 2.16 bits per heavy atom. The third kappa shape index (κ3) is 3.04. The van der Waals surface area contributed by atoms with Crippen molar-refractivity contribution >= 4 is 11.7 Å². The fourth-order valence-corrected chi connectivity index (χ4v) is 1.70. The van der Waals surface area contributed by atoms with Crippen molar-refractivity contribution in [1.29, 1.82) is 0 Å². The Morgan fingerprint density at radius 1 is 1.37 bits per heavy atom. The van der Waals surface area contributed by atoms with Gasteiger partial charge in [0.25, 0.3) is 5.91 Å². The van der Waals surface area contributed by atoms with Crippen LogP contribution < -0.4 is 11.1 Å². The second-order valence-corrected chi connectivity index (χ2v) is 4.21. The molecule has 0 saturated carbocycles. The van der Waals surface area contributed by atoms with Gasteiger partial charge < -0.3 is 11.1 Å². The van der Waals surface area contributed by atoms with Crippen LogP contribution in [-0.2, 0) is 0 Å². The topological polar surface area (TPSA) is 93.8 Å². The fraction of sp³-hybridized carbons (Fsp3) is 0.231. The van der Waals surface area contributed by atoms with Gasteiger partial charge >= 0.3 is 0 Å². The monoisotopic (exact) mass is 257 g/mol. The SMILES string of the molecule is Cc1ccc(C(N)=O)c(NC(C)c2ccncn2)n1. The van der Waals surface area contributed by atoms with Crippen LogP contribution in [0.25, 0.3) is 0 Å². The maximum atomic E-state index is 11.4. The van der Waals surface area contributed by atoms with E-state index in [0.29, 0.717) is 11.4 Å². The highest BCUT2D eigenvalue weighted by Crippen LogP contribution is 2.19. The van der Waals surface area contributed by atoms with Crippen LogP contribution in [0.5, 0.6) is 0 Å². The van der Waals surface area contributed by atoms with Crippen molar-refractivity contribution in [2.45, 2.75) is 19.9 Å². The Kier molecular flexibility index (Phi) is 3.70. The number of hydrogen-bond acceptors (Lipinski definition) is 5. The van der Waals surface area contributed by atoms with E-state index in [9.17, 15) is 4.79 Å². The number of carbonyl (C=O) groups excluding carboxylic acids is 1. The van der Waals surface area contributed by atoms with Gasteiger partial charge in [-0.1, -0.05) is 0 Å². The Balaban J connectivity index is 2.28. The van der Waals surface area contributed by atoms with Crippen LogP contribution in [-0.4, -0.2) is 20.9 Å². The van der Waals surface area contributed by atoms with E-state index < -0.39 is 5.91 Å². The Bertz CT molecular complexity index is 585. The standard InChI is InChI=1S/C13H15N5O/c1-8-3-4-10(12(14)19)13(17-8)18-9(2)11-5-6-15-7-16-11/h3-7,9H,1-2H3,(H2,14,19)(H,17,18). The summed E-state index contributed by atoms with van der Waals surface area (Å²) >= 11 is 0. The van der Waals surface area contributed by atoms with Crippen LogP contribution in [0.15, 0.2) is 30.7 Å². The first-order chi connectivity index (χ1) is 9.08. The molecule has 1 atom stereocenters. The van der Waals surface area contributed by atoms with Gasteiger partial charge in [0.05, 0.1) is 17.3 Å². The number of nitrogens with zero attached hydrogens (tertiary/aromatic N) is 3. The van der Waals surface area contributed by atoms with E-state index in [-0.39, 0.29) is 6.04 Å². The van der Waals surface area contributed by atoms with Gasteiger partial charge in [-0.2, -0.15) is 0 Å². The molecule has 0 aliphatic carbocycles. The second-order valence-electron chi connectivity index (χ2n) is 4.21. The lowest BCUT2D eigenvalue weighted by Gasteiger charge is -2.16. The normalized spacial score (nSPS) is 11.9. The summed E-state index contributed by atoms with van der Waals surface area (Å²) in [6.07, 6.45) is 3.14. The molecule has 3 N–H and O–H groups in total. The average molecular weight is 257 g/mol. The number of anilines is 1. The molecule has 2 aromatic heterocycles. The van der Waals surface area contributed by atoms with Gasteiger partial charge in [-0.15, -0.1) is 0 Å². The van der Waals surface area contributed by atoms with Crippen molar-refractivity contribution in [1.82, 2.24) is 15.0 Å². The molecule has 0 fully saturated rings. The van der Waals surface area contributed by atoms with Crippen molar-refractivity contribution in [3.63, 3.8) is 0 Å². The zero-order valence-electron chi connectivity index (χ0n) is 10.8. The summed E-state index contributed by atoms with van der Waals surface area (Å²) in [5, 5.41) is 3.15. The summed E-state index contributed by atoms with van der Waals surface area (Å²) in [6, 6.07) is 5.12. The number of pyridine rings is 1. The summed E-state index contributed by atoms with van der Waals surface area (Å²) in [4.78, 5) is 23.7. The predicted molar refractivity (Wildman–Crippen MR) is 71.6 cm³/mol. The van der Waals surface area contributed by atoms with Crippen molar-refractivity contribution in [2.75, 3.05) is 5.32 Å². The Hall–Kier alpha value is -2.50. The molecule has 2 rings (SSSR count). The van der Waals surface area contributed by atoms with Crippen molar-refractivity contribution < 1.29 is 4.79 Å². The number of hydrogen-bond donors (Lipinski definition) is 2. The number of nitrogens with one attached hydrogen (secondary N) is 1. The van der Waals surface area contributed by atoms with Gasteiger partial charge in [-0.25, -0.2) is 15.0 Å². The largest absolute Gasteiger partial charge is 0.365 e. The predicted octanol–water partition coefficient (Wildman–Crippen LogP) is 1.45. The van der Waals surface area contributed by atoms with Crippen molar-refractivity contribution in [3.05, 3.63) is 47.7 Å². The molecule has 19 heavy (non-hydrogen) atoms. The lowest BCUT2D eigenvalue weighted by Crippen LogP contribution is -2.18. The van der Waals surface area contributed by atoms with Crippen molar-refractivity contribution in [3.8, 4) is 0 Å². The fourth-order valence-electron chi connectivity index (χ4n) is 1.70. The Morgan fingerprint density at radius 3 is 2.79 bits per heavy atom. The van der Waals surface area contributed by atoms with E-state index in [1.165, 1.54) is 6.33 Å². The van der Waals surface area contributed by atoms with Crippen LogP contribution in [0.2, 0.25) is 0 Å². The molecule has 1 amide bonds. The number of aromatic nitrogens is 3. The molecule has 0 aromatic carbocycles. The van der Waals surface area contributed by atoms with Crippen LogP contribution in [0, 0.1) is 6.92 Å². The van der Waals surface area contributed by atoms with Crippen LogP contribution >= 0.6 is 0 Å². The molecule has 2 aromatic rings. The van der Waals surface area contributed by atoms with Crippen LogP contribution in [0.4, 0.5) is 5.82 Å². The number of nitrogens with two attached hydrogens (primary N) is 1. The zero-order valence-corrected chi connectivity index (χ0v) is 10.8. The van der Waals surface area contributed by atoms with E-state index in [2.05, 4.69) is 20.3 Å². The van der Waals surface area contributed by atoms with Gasteiger partial charge in [0.15, 0.2) is 0 Å². The second kappa shape index (κ2) is 5.43. The van der Waals surface area contributed by atoms with E-state index >= 15 is 0 Å². The Labute approximate surface area is 111 Å². The first-order valence-electron chi connectivity index (χ1n) is 5.88. The molecule has 1 unspecified atom stereocenters. The maximum Gasteiger partial charge on any atom is 0.252 e. The molecule has 6 nitrogen and oxygen atoms in total. The molecular formula is C13H15N5O. The van der Waals surface area contributed by atoms with E-state index in [4.69, 9.17) is 5.73 Å². The lowest BCUT2D eigenvalue weighted by molar-refractivity contribution is 0.100. The van der Waals surface area contributed by atoms with Gasteiger partial charge in [0.1, 0.15) is 12.1 Å². The molecule has 2 heterocycles. The summed E-state index contributed by atoms with van der Waals surface area (Å²) in [5.74, 6) is -0.0384. The molecule has 0 spiro atoms. The van der Waals surface area contributed by atoms with Gasteiger partial charge in [0.2, 0.25) is 0 Å². The summed E-state index contributed by atoms with van der Waals surface area (Å²) in [6.45, 7) is 3.78. The molecule has 0 radical (unpaired) electrons. The summed E-state index contributed by atoms with van der Waals surface area (Å²) in [7, 11) is 0. The molecule has 98 valence electrons. The van der Waals surface area contributed by atoms with E-state index in [1.807, 2.05) is 13.8 Å². The first kappa shape index (κ1) is 12.9. The third-order valence-corrected chi connectivity index (χ3v) is 2.70. The van der Waals surface area contributed by atoms with E-state index in [1.54, 1.807) is 24.4 Å². The minimum atomic E-state index is -0.509. The molecule has 0 bridgehead atoms. The number of carbonyl (C=O) groups is 1. The zero-order chi connectivity index (χ0) is 13.8. The van der Waals surface area contributed by atoms with Gasteiger partial charge in [-0.3, -0.25) is 4.79 Å². The summed E-state index contributed by atoms with van der Waals surface area (Å²) < 4.78 is 0. The minimum Gasteiger partial charge on any atom is -0.365 e. The highest BCUT2D eigenvalue weighted by Gasteiger charge is 2.13. The molecule has 0 saturated heterocycles. The smallest absolute Gasteiger partial charge is 0.252 e. The van der Waals surface area contributed by atoms with Crippen molar-refractivity contribution in [2.24, 2.45) is 5.73 Å². The number of rotatable bonds is 4. The van der Waals surface area contributed by atoms with Crippen LogP contribution in [0.1, 0.15) is 34.7 Å². The van der Waals surface area contributed by atoms with Crippen LogP contribution in [0.3, 0.4) is 0 Å². The lowest BCUT2D eigenvalue weighted by atomic mass is 10.2. The molecule has 0 aliphatic heterocycles. The average Bonchev–Trinajstić information content (AvgIpc) is 2.39. The highest BCUT2D eigenvalue weighted by atomic mass is 16.1. The quantitative estimate of drug-likeness (QED) is 0.864. The number of amides is 1. The highest BCUT2D eigenvalue weighted by molar-refractivity contribution is 5.97. The van der Waals surface area contributed by atoms with E-state index in [0.717, 1.165) is 11.4 Å².